The minimum Gasteiger partial charge on any atom is -0.487 e. The van der Waals surface area contributed by atoms with Crippen LogP contribution in [0, 0.1) is 6.92 Å². The minimum absolute atomic E-state index is 0.486. The van der Waals surface area contributed by atoms with Gasteiger partial charge in [-0.15, -0.1) is 0 Å². The van der Waals surface area contributed by atoms with Crippen molar-refractivity contribution >= 4 is 15.9 Å². The van der Waals surface area contributed by atoms with E-state index < -0.39 is 0 Å². The summed E-state index contributed by atoms with van der Waals surface area (Å²) in [5.41, 5.74) is 3.08. The van der Waals surface area contributed by atoms with Crippen LogP contribution in [-0.4, -0.2) is 12.0 Å². The third kappa shape index (κ3) is 4.04. The number of hydrogen-bond donors (Lipinski definition) is 1. The second-order valence-electron chi connectivity index (χ2n) is 4.34. The highest BCUT2D eigenvalue weighted by atomic mass is 79.9. The Kier molecular flexibility index (Phi) is 4.93. The van der Waals surface area contributed by atoms with Gasteiger partial charge in [-0.05, 0) is 44.3 Å². The van der Waals surface area contributed by atoms with Crippen molar-refractivity contribution in [2.24, 2.45) is 0 Å². The molecule has 0 bridgehead atoms. The number of pyridine rings is 1. The molecule has 0 spiro atoms. The summed E-state index contributed by atoms with van der Waals surface area (Å²) in [5.74, 6) is 0.890. The molecule has 1 aromatic carbocycles. The van der Waals surface area contributed by atoms with Crippen LogP contribution < -0.4 is 10.1 Å². The number of aromatic nitrogens is 1. The Morgan fingerprint density at radius 2 is 2.11 bits per heavy atom. The number of hydrogen-bond acceptors (Lipinski definition) is 3. The van der Waals surface area contributed by atoms with Crippen molar-refractivity contribution in [3.63, 3.8) is 0 Å². The maximum Gasteiger partial charge on any atom is 0.130 e. The maximum absolute atomic E-state index is 5.86. The molecule has 2 rings (SSSR count). The first-order valence-electron chi connectivity index (χ1n) is 6.17. The smallest absolute Gasteiger partial charge is 0.130 e. The molecule has 3 nitrogen and oxygen atoms in total. The molecule has 0 aliphatic carbocycles. The van der Waals surface area contributed by atoms with Gasteiger partial charge in [0.25, 0.3) is 0 Å². The number of halogens is 1. The Balaban J connectivity index is 2.10. The van der Waals surface area contributed by atoms with Crippen LogP contribution in [0.5, 0.6) is 5.75 Å². The van der Waals surface area contributed by atoms with Crippen molar-refractivity contribution in [1.29, 1.82) is 0 Å². The van der Waals surface area contributed by atoms with Gasteiger partial charge in [-0.1, -0.05) is 22.0 Å². The van der Waals surface area contributed by atoms with Crippen LogP contribution in [-0.2, 0) is 13.2 Å². The van der Waals surface area contributed by atoms with Crippen molar-refractivity contribution in [1.82, 2.24) is 10.3 Å². The second kappa shape index (κ2) is 6.68. The van der Waals surface area contributed by atoms with Crippen LogP contribution >= 0.6 is 15.9 Å². The van der Waals surface area contributed by atoms with E-state index in [1.807, 2.05) is 44.3 Å². The van der Waals surface area contributed by atoms with E-state index >= 15 is 0 Å². The molecule has 0 fully saturated rings. The fraction of sp³-hybridized carbons (Fsp3) is 0.267. The average Bonchev–Trinajstić information content (AvgIpc) is 2.38. The largest absolute Gasteiger partial charge is 0.487 e. The number of benzene rings is 1. The molecule has 0 atom stereocenters. The molecule has 0 amide bonds. The Labute approximate surface area is 122 Å². The molecule has 1 heterocycles. The molecule has 1 N–H and O–H groups in total. The van der Waals surface area contributed by atoms with Crippen molar-refractivity contribution in [3.8, 4) is 5.75 Å². The minimum atomic E-state index is 0.486. The van der Waals surface area contributed by atoms with Gasteiger partial charge in [0.1, 0.15) is 12.4 Å². The Morgan fingerprint density at radius 3 is 2.84 bits per heavy atom. The molecule has 100 valence electrons. The van der Waals surface area contributed by atoms with E-state index in [0.717, 1.165) is 33.7 Å². The molecule has 1 aromatic heterocycles. The lowest BCUT2D eigenvalue weighted by molar-refractivity contribution is 0.297. The normalized spacial score (nSPS) is 10.5. The van der Waals surface area contributed by atoms with Gasteiger partial charge in [-0.2, -0.15) is 0 Å². The van der Waals surface area contributed by atoms with E-state index in [2.05, 4.69) is 32.3 Å². The van der Waals surface area contributed by atoms with Gasteiger partial charge in [-0.3, -0.25) is 4.98 Å². The number of nitrogens with one attached hydrogen (secondary N) is 1. The molecular weight excluding hydrogens is 304 g/mol. The fourth-order valence-corrected chi connectivity index (χ4v) is 2.26. The molecule has 0 saturated carbocycles. The predicted octanol–water partition coefficient (Wildman–Crippen LogP) is 3.45. The van der Waals surface area contributed by atoms with Crippen LogP contribution in [0.15, 0.2) is 40.9 Å². The summed E-state index contributed by atoms with van der Waals surface area (Å²) in [5, 5.41) is 3.14. The Morgan fingerprint density at radius 1 is 1.26 bits per heavy atom. The molecule has 0 unspecified atom stereocenters. The van der Waals surface area contributed by atoms with Crippen molar-refractivity contribution in [3.05, 3.63) is 57.8 Å². The molecule has 2 aromatic rings. The summed E-state index contributed by atoms with van der Waals surface area (Å²) in [6.45, 7) is 3.24. The van der Waals surface area contributed by atoms with E-state index in [1.54, 1.807) is 0 Å². The van der Waals surface area contributed by atoms with Crippen molar-refractivity contribution in [2.45, 2.75) is 20.1 Å². The molecular formula is C15H17BrN2O. The molecule has 0 aliphatic heterocycles. The molecule has 0 radical (unpaired) electrons. The Hall–Kier alpha value is -1.39. The standard InChI is InChI=1S/C15H17BrN2O/c1-11-4-3-5-14(18-11)10-19-15-7-6-13(16)8-12(15)9-17-2/h3-8,17H,9-10H2,1-2H3. The zero-order valence-electron chi connectivity index (χ0n) is 11.1. The van der Waals surface area contributed by atoms with Crippen LogP contribution in [0.2, 0.25) is 0 Å². The lowest BCUT2D eigenvalue weighted by atomic mass is 10.2. The third-order valence-electron chi connectivity index (χ3n) is 2.71. The van der Waals surface area contributed by atoms with Gasteiger partial charge in [0.05, 0.1) is 5.69 Å². The zero-order valence-corrected chi connectivity index (χ0v) is 12.7. The van der Waals surface area contributed by atoms with Gasteiger partial charge in [0, 0.05) is 22.3 Å². The first-order chi connectivity index (χ1) is 9.19. The van der Waals surface area contributed by atoms with E-state index in [9.17, 15) is 0 Å². The van der Waals surface area contributed by atoms with Crippen molar-refractivity contribution in [2.75, 3.05) is 7.05 Å². The summed E-state index contributed by atoms with van der Waals surface area (Å²) >= 11 is 3.48. The van der Waals surface area contributed by atoms with Crippen LogP contribution in [0.25, 0.3) is 0 Å². The highest BCUT2D eigenvalue weighted by Crippen LogP contribution is 2.23. The van der Waals surface area contributed by atoms with E-state index in [-0.39, 0.29) is 0 Å². The van der Waals surface area contributed by atoms with Gasteiger partial charge in [0.15, 0.2) is 0 Å². The fourth-order valence-electron chi connectivity index (χ4n) is 1.85. The zero-order chi connectivity index (χ0) is 13.7. The summed E-state index contributed by atoms with van der Waals surface area (Å²) < 4.78 is 6.92. The maximum atomic E-state index is 5.86. The summed E-state index contributed by atoms with van der Waals surface area (Å²) in [7, 11) is 1.92. The number of ether oxygens (including phenoxy) is 1. The summed E-state index contributed by atoms with van der Waals surface area (Å²) in [4.78, 5) is 4.43. The second-order valence-corrected chi connectivity index (χ2v) is 5.26. The lowest BCUT2D eigenvalue weighted by Crippen LogP contribution is -2.08. The number of rotatable bonds is 5. The monoisotopic (exact) mass is 320 g/mol. The van der Waals surface area contributed by atoms with Gasteiger partial charge < -0.3 is 10.1 Å². The SMILES string of the molecule is CNCc1cc(Br)ccc1OCc1cccc(C)n1. The first kappa shape index (κ1) is 14.0. The van der Waals surface area contributed by atoms with Crippen LogP contribution in [0.1, 0.15) is 17.0 Å². The summed E-state index contributed by atoms with van der Waals surface area (Å²) in [6.07, 6.45) is 0. The van der Waals surface area contributed by atoms with E-state index in [1.165, 1.54) is 0 Å². The molecule has 19 heavy (non-hydrogen) atoms. The van der Waals surface area contributed by atoms with Gasteiger partial charge in [-0.25, -0.2) is 0 Å². The molecule has 4 heteroatoms. The quantitative estimate of drug-likeness (QED) is 0.916. The predicted molar refractivity (Wildman–Crippen MR) is 80.2 cm³/mol. The van der Waals surface area contributed by atoms with E-state index in [4.69, 9.17) is 4.74 Å². The number of nitrogens with zero attached hydrogens (tertiary/aromatic N) is 1. The topological polar surface area (TPSA) is 34.1 Å². The van der Waals surface area contributed by atoms with Crippen LogP contribution in [0.3, 0.4) is 0 Å². The Bertz CT molecular complexity index is 558. The highest BCUT2D eigenvalue weighted by Gasteiger charge is 2.05. The van der Waals surface area contributed by atoms with E-state index in [0.29, 0.717) is 6.61 Å². The molecule has 0 aliphatic rings. The van der Waals surface area contributed by atoms with Crippen LogP contribution in [0.4, 0.5) is 0 Å². The average molecular weight is 321 g/mol. The lowest BCUT2D eigenvalue weighted by Gasteiger charge is -2.11. The van der Waals surface area contributed by atoms with Gasteiger partial charge in [0.2, 0.25) is 0 Å². The summed E-state index contributed by atoms with van der Waals surface area (Å²) in [6, 6.07) is 12.0. The third-order valence-corrected chi connectivity index (χ3v) is 3.20. The van der Waals surface area contributed by atoms with Crippen molar-refractivity contribution < 1.29 is 4.74 Å². The first-order valence-corrected chi connectivity index (χ1v) is 6.96. The highest BCUT2D eigenvalue weighted by molar-refractivity contribution is 9.10. The van der Waals surface area contributed by atoms with Gasteiger partial charge >= 0.3 is 0 Å². The molecule has 0 saturated heterocycles. The number of aryl methyl sites for hydroxylation is 1.